The third-order valence-electron chi connectivity index (χ3n) is 2.47. The van der Waals surface area contributed by atoms with Crippen molar-refractivity contribution in [2.75, 3.05) is 7.05 Å². The molecule has 1 aromatic heterocycles. The van der Waals surface area contributed by atoms with Gasteiger partial charge in [0.15, 0.2) is 0 Å². The average molecular weight is 217 g/mol. The summed E-state index contributed by atoms with van der Waals surface area (Å²) in [4.78, 5) is 0. The Morgan fingerprint density at radius 3 is 2.81 bits per heavy atom. The van der Waals surface area contributed by atoms with Crippen molar-refractivity contribution in [3.05, 3.63) is 36.0 Å². The van der Waals surface area contributed by atoms with Crippen molar-refractivity contribution in [2.45, 2.75) is 6.54 Å². The Kier molecular flexibility index (Phi) is 2.92. The first kappa shape index (κ1) is 10.7. The van der Waals surface area contributed by atoms with Crippen LogP contribution in [0, 0.1) is 0 Å². The Bertz CT molecular complexity index is 491. The van der Waals surface area contributed by atoms with Gasteiger partial charge in [-0.25, -0.2) is 0 Å². The van der Waals surface area contributed by atoms with E-state index in [1.165, 1.54) is 0 Å². The van der Waals surface area contributed by atoms with Gasteiger partial charge in [0.25, 0.3) is 0 Å². The van der Waals surface area contributed by atoms with Gasteiger partial charge in [0.1, 0.15) is 5.75 Å². The van der Waals surface area contributed by atoms with Gasteiger partial charge in [-0.15, -0.1) is 0 Å². The Balaban J connectivity index is 2.44. The lowest BCUT2D eigenvalue weighted by Crippen LogP contribution is -2.05. The fraction of sp³-hybridized carbons (Fsp3) is 0.250. The Morgan fingerprint density at radius 1 is 1.38 bits per heavy atom. The van der Waals surface area contributed by atoms with E-state index in [9.17, 15) is 5.11 Å². The van der Waals surface area contributed by atoms with Crippen LogP contribution in [0.15, 0.2) is 30.3 Å². The van der Waals surface area contributed by atoms with E-state index in [2.05, 4.69) is 10.4 Å². The number of aromatic nitrogens is 2. The molecule has 0 bridgehead atoms. The molecular formula is C12H15N3O. The van der Waals surface area contributed by atoms with E-state index in [-0.39, 0.29) is 5.75 Å². The van der Waals surface area contributed by atoms with Crippen LogP contribution >= 0.6 is 0 Å². The fourth-order valence-corrected chi connectivity index (χ4v) is 1.74. The third kappa shape index (κ3) is 1.92. The zero-order chi connectivity index (χ0) is 11.5. The van der Waals surface area contributed by atoms with Crippen LogP contribution in [0.4, 0.5) is 0 Å². The molecule has 0 radical (unpaired) electrons. The summed E-state index contributed by atoms with van der Waals surface area (Å²) < 4.78 is 1.78. The number of nitrogens with one attached hydrogen (secondary N) is 1. The van der Waals surface area contributed by atoms with Crippen molar-refractivity contribution in [3.63, 3.8) is 0 Å². The molecule has 1 aromatic carbocycles. The smallest absolute Gasteiger partial charge is 0.124 e. The molecule has 0 aliphatic heterocycles. The number of benzene rings is 1. The van der Waals surface area contributed by atoms with Crippen LogP contribution in [-0.4, -0.2) is 21.9 Å². The average Bonchev–Trinajstić information content (AvgIpc) is 2.61. The zero-order valence-corrected chi connectivity index (χ0v) is 9.44. The first-order valence-corrected chi connectivity index (χ1v) is 5.18. The molecule has 2 rings (SSSR count). The molecule has 4 nitrogen and oxygen atoms in total. The SMILES string of the molecule is CNCc1cc(-c2ccccc2O)n(C)n1. The van der Waals surface area contributed by atoms with E-state index in [4.69, 9.17) is 0 Å². The Hall–Kier alpha value is -1.81. The van der Waals surface area contributed by atoms with Crippen LogP contribution in [0.1, 0.15) is 5.69 Å². The summed E-state index contributed by atoms with van der Waals surface area (Å²) in [6.45, 7) is 0.724. The monoisotopic (exact) mass is 217 g/mol. The highest BCUT2D eigenvalue weighted by molar-refractivity contribution is 5.67. The summed E-state index contributed by atoms with van der Waals surface area (Å²) in [5.74, 6) is 0.279. The van der Waals surface area contributed by atoms with Crippen molar-refractivity contribution in [1.82, 2.24) is 15.1 Å². The molecule has 1 heterocycles. The van der Waals surface area contributed by atoms with E-state index in [0.717, 1.165) is 23.5 Å². The molecule has 2 N–H and O–H groups in total. The van der Waals surface area contributed by atoms with Crippen LogP contribution in [0.2, 0.25) is 0 Å². The van der Waals surface area contributed by atoms with Crippen LogP contribution in [-0.2, 0) is 13.6 Å². The largest absolute Gasteiger partial charge is 0.507 e. The summed E-state index contributed by atoms with van der Waals surface area (Å²) in [6.07, 6.45) is 0. The van der Waals surface area contributed by atoms with Gasteiger partial charge in [-0.1, -0.05) is 12.1 Å². The molecule has 84 valence electrons. The lowest BCUT2D eigenvalue weighted by molar-refractivity contribution is 0.476. The van der Waals surface area contributed by atoms with E-state index in [1.807, 2.05) is 38.4 Å². The molecule has 0 fully saturated rings. The highest BCUT2D eigenvalue weighted by Crippen LogP contribution is 2.28. The molecule has 2 aromatic rings. The lowest BCUT2D eigenvalue weighted by atomic mass is 10.1. The second-order valence-electron chi connectivity index (χ2n) is 3.69. The number of hydrogen-bond donors (Lipinski definition) is 2. The number of nitrogens with zero attached hydrogens (tertiary/aromatic N) is 2. The van der Waals surface area contributed by atoms with Crippen LogP contribution in [0.5, 0.6) is 5.75 Å². The predicted octanol–water partition coefficient (Wildman–Crippen LogP) is 1.51. The third-order valence-corrected chi connectivity index (χ3v) is 2.47. The summed E-state index contributed by atoms with van der Waals surface area (Å²) >= 11 is 0. The maximum absolute atomic E-state index is 9.77. The number of hydrogen-bond acceptors (Lipinski definition) is 3. The topological polar surface area (TPSA) is 50.1 Å². The van der Waals surface area contributed by atoms with Gasteiger partial charge in [-0.05, 0) is 25.2 Å². The molecule has 0 unspecified atom stereocenters. The van der Waals surface area contributed by atoms with E-state index in [0.29, 0.717) is 0 Å². The minimum atomic E-state index is 0.279. The first-order chi connectivity index (χ1) is 7.72. The van der Waals surface area contributed by atoms with Gasteiger partial charge in [-0.3, -0.25) is 4.68 Å². The number of aromatic hydroxyl groups is 1. The number of aryl methyl sites for hydroxylation is 1. The molecule has 0 aliphatic carbocycles. The summed E-state index contributed by atoms with van der Waals surface area (Å²) in [7, 11) is 3.76. The number of phenols is 1. The van der Waals surface area contributed by atoms with Crippen molar-refractivity contribution < 1.29 is 5.11 Å². The van der Waals surface area contributed by atoms with Crippen LogP contribution in [0.25, 0.3) is 11.3 Å². The molecule has 0 atom stereocenters. The molecule has 0 amide bonds. The number of rotatable bonds is 3. The molecule has 0 spiro atoms. The van der Waals surface area contributed by atoms with Crippen molar-refractivity contribution in [1.29, 1.82) is 0 Å². The zero-order valence-electron chi connectivity index (χ0n) is 9.44. The normalized spacial score (nSPS) is 10.6. The summed E-state index contributed by atoms with van der Waals surface area (Å²) in [5, 5.41) is 17.2. The quantitative estimate of drug-likeness (QED) is 0.819. The standard InChI is InChI=1S/C12H15N3O/c1-13-8-9-7-11(15(2)14-9)10-5-3-4-6-12(10)16/h3-7,13,16H,8H2,1-2H3. The predicted molar refractivity (Wildman–Crippen MR) is 63.1 cm³/mol. The van der Waals surface area contributed by atoms with Crippen molar-refractivity contribution in [3.8, 4) is 17.0 Å². The minimum absolute atomic E-state index is 0.279. The molecule has 4 heteroatoms. The van der Waals surface area contributed by atoms with Crippen LogP contribution in [0.3, 0.4) is 0 Å². The van der Waals surface area contributed by atoms with Gasteiger partial charge in [0.2, 0.25) is 0 Å². The highest BCUT2D eigenvalue weighted by Gasteiger charge is 2.09. The van der Waals surface area contributed by atoms with Gasteiger partial charge in [-0.2, -0.15) is 5.10 Å². The van der Waals surface area contributed by atoms with E-state index < -0.39 is 0 Å². The summed E-state index contributed by atoms with van der Waals surface area (Å²) in [5.41, 5.74) is 2.69. The number of phenolic OH excluding ortho intramolecular Hbond substituents is 1. The lowest BCUT2D eigenvalue weighted by Gasteiger charge is -2.03. The Labute approximate surface area is 94.5 Å². The minimum Gasteiger partial charge on any atom is -0.507 e. The highest BCUT2D eigenvalue weighted by atomic mass is 16.3. The second-order valence-corrected chi connectivity index (χ2v) is 3.69. The van der Waals surface area contributed by atoms with E-state index >= 15 is 0 Å². The second kappa shape index (κ2) is 4.37. The maximum Gasteiger partial charge on any atom is 0.124 e. The van der Waals surface area contributed by atoms with Crippen molar-refractivity contribution >= 4 is 0 Å². The van der Waals surface area contributed by atoms with Crippen LogP contribution < -0.4 is 5.32 Å². The number of para-hydroxylation sites is 1. The molecule has 0 saturated carbocycles. The summed E-state index contributed by atoms with van der Waals surface area (Å²) in [6, 6.07) is 9.25. The van der Waals surface area contributed by atoms with Gasteiger partial charge in [0, 0.05) is 19.2 Å². The molecule has 0 aliphatic rings. The van der Waals surface area contributed by atoms with Gasteiger partial charge < -0.3 is 10.4 Å². The van der Waals surface area contributed by atoms with E-state index in [1.54, 1.807) is 10.7 Å². The fourth-order valence-electron chi connectivity index (χ4n) is 1.74. The first-order valence-electron chi connectivity index (χ1n) is 5.18. The van der Waals surface area contributed by atoms with Gasteiger partial charge >= 0.3 is 0 Å². The maximum atomic E-state index is 9.77. The van der Waals surface area contributed by atoms with Crippen molar-refractivity contribution in [2.24, 2.45) is 7.05 Å². The Morgan fingerprint density at radius 2 is 2.12 bits per heavy atom. The van der Waals surface area contributed by atoms with Gasteiger partial charge in [0.05, 0.1) is 11.4 Å². The molecule has 0 saturated heterocycles. The molecular weight excluding hydrogens is 202 g/mol. The molecule has 16 heavy (non-hydrogen) atoms.